The topological polar surface area (TPSA) is 49.8 Å². The maximum Gasteiger partial charge on any atom is 0.416 e. The fourth-order valence-corrected chi connectivity index (χ4v) is 3.84. The molecule has 186 valence electrons. The van der Waals surface area contributed by atoms with Gasteiger partial charge in [-0.25, -0.2) is 4.39 Å². The summed E-state index contributed by atoms with van der Waals surface area (Å²) in [5.41, 5.74) is -4.18. The summed E-state index contributed by atoms with van der Waals surface area (Å²) >= 11 is 0. The number of nitrogens with zero attached hydrogens (tertiary/aromatic N) is 1. The summed E-state index contributed by atoms with van der Waals surface area (Å²) in [4.78, 5) is 12.0. The van der Waals surface area contributed by atoms with Crippen LogP contribution in [0, 0.1) is 0 Å². The summed E-state index contributed by atoms with van der Waals surface area (Å²) in [5.74, 6) is -0.648. The number of likely N-dealkylation sites (tertiary alicyclic amines) is 1. The van der Waals surface area contributed by atoms with Crippen LogP contribution < -0.4 is 4.74 Å². The van der Waals surface area contributed by atoms with Gasteiger partial charge in [0.1, 0.15) is 12.4 Å². The molecule has 1 aliphatic rings. The highest BCUT2D eigenvalue weighted by Crippen LogP contribution is 2.38. The molecule has 1 aliphatic heterocycles. The molecule has 1 N–H and O–H groups in total. The van der Waals surface area contributed by atoms with E-state index in [2.05, 4.69) is 0 Å². The zero-order chi connectivity index (χ0) is 25.1. The van der Waals surface area contributed by atoms with Gasteiger partial charge in [-0.15, -0.1) is 0 Å². The van der Waals surface area contributed by atoms with E-state index in [0.717, 1.165) is 0 Å². The van der Waals surface area contributed by atoms with Crippen molar-refractivity contribution in [2.45, 2.75) is 43.8 Å². The van der Waals surface area contributed by atoms with Gasteiger partial charge in [-0.3, -0.25) is 9.69 Å². The largest absolute Gasteiger partial charge is 0.490 e. The first-order valence-electron chi connectivity index (χ1n) is 10.4. The Morgan fingerprint density at radius 3 is 2.44 bits per heavy atom. The Hall–Kier alpha value is -2.82. The van der Waals surface area contributed by atoms with E-state index in [1.54, 1.807) is 24.3 Å². The van der Waals surface area contributed by atoms with E-state index in [9.17, 15) is 31.1 Å². The Morgan fingerprint density at radius 2 is 1.79 bits per heavy atom. The van der Waals surface area contributed by atoms with Crippen molar-refractivity contribution in [2.24, 2.45) is 0 Å². The van der Waals surface area contributed by atoms with Gasteiger partial charge in [0.2, 0.25) is 0 Å². The quantitative estimate of drug-likeness (QED) is 0.477. The molecule has 0 amide bonds. The van der Waals surface area contributed by atoms with Crippen LogP contribution in [0.4, 0.5) is 30.7 Å². The minimum absolute atomic E-state index is 0.0477. The number of hydrogen-bond acceptors (Lipinski definition) is 3. The first-order chi connectivity index (χ1) is 15.7. The molecule has 2 aromatic carbocycles. The molecule has 34 heavy (non-hydrogen) atoms. The zero-order valence-electron chi connectivity index (χ0n) is 17.8. The number of ether oxygens (including phenoxy) is 1. The molecule has 0 spiro atoms. The third kappa shape index (κ3) is 6.85. The summed E-state index contributed by atoms with van der Waals surface area (Å²) in [6, 6.07) is 7.72. The maximum absolute atomic E-state index is 15.3. The summed E-state index contributed by atoms with van der Waals surface area (Å²) in [6.45, 7) is -1.15. The average Bonchev–Trinajstić information content (AvgIpc) is 3.10. The number of carboxylic acids is 1. The number of alkyl halides is 7. The van der Waals surface area contributed by atoms with E-state index in [1.165, 1.54) is 4.90 Å². The van der Waals surface area contributed by atoms with Gasteiger partial charge < -0.3 is 9.84 Å². The first-order valence-corrected chi connectivity index (χ1v) is 10.4. The van der Waals surface area contributed by atoms with Crippen LogP contribution in [0.2, 0.25) is 0 Å². The van der Waals surface area contributed by atoms with Gasteiger partial charge in [-0.1, -0.05) is 12.1 Å². The molecule has 1 fully saturated rings. The van der Waals surface area contributed by atoms with Crippen molar-refractivity contribution in [1.29, 1.82) is 0 Å². The van der Waals surface area contributed by atoms with Crippen molar-refractivity contribution in [1.82, 2.24) is 4.90 Å². The number of aryl methyl sites for hydroxylation is 1. The molecule has 0 bridgehead atoms. The number of hydrogen-bond donors (Lipinski definition) is 1. The normalized spacial score (nSPS) is 19.4. The first kappa shape index (κ1) is 25.8. The third-order valence-corrected chi connectivity index (χ3v) is 5.54. The summed E-state index contributed by atoms with van der Waals surface area (Å²) < 4.78 is 99.7. The van der Waals surface area contributed by atoms with E-state index in [-0.39, 0.29) is 32.4 Å². The molecule has 1 atom stereocenters. The van der Waals surface area contributed by atoms with Gasteiger partial charge in [0, 0.05) is 26.1 Å². The second-order valence-corrected chi connectivity index (χ2v) is 8.31. The van der Waals surface area contributed by atoms with E-state index < -0.39 is 53.8 Å². The maximum atomic E-state index is 15.3. The molecule has 0 radical (unpaired) electrons. The molecular formula is C23H22F7NO3. The second kappa shape index (κ2) is 9.81. The van der Waals surface area contributed by atoms with Crippen molar-refractivity contribution in [3.63, 3.8) is 0 Å². The monoisotopic (exact) mass is 493 g/mol. The van der Waals surface area contributed by atoms with Crippen LogP contribution in [0.15, 0.2) is 42.5 Å². The van der Waals surface area contributed by atoms with Crippen LogP contribution in [0.1, 0.15) is 35.1 Å². The van der Waals surface area contributed by atoms with Gasteiger partial charge >= 0.3 is 18.3 Å². The number of carbonyl (C=O) groups is 1. The Morgan fingerprint density at radius 1 is 1.06 bits per heavy atom. The molecule has 4 nitrogen and oxygen atoms in total. The van der Waals surface area contributed by atoms with Gasteiger partial charge in [0.25, 0.3) is 0 Å². The number of benzene rings is 2. The Kier molecular flexibility index (Phi) is 7.44. The van der Waals surface area contributed by atoms with Crippen LogP contribution in [0.25, 0.3) is 0 Å². The van der Waals surface area contributed by atoms with Crippen LogP contribution in [0.5, 0.6) is 5.75 Å². The molecule has 1 heterocycles. The highest BCUT2D eigenvalue weighted by Gasteiger charge is 2.41. The zero-order valence-corrected chi connectivity index (χ0v) is 17.8. The smallest absolute Gasteiger partial charge is 0.416 e. The molecule has 1 unspecified atom stereocenters. The standard InChI is InChI=1S/C23H22F7NO3/c24-21(14-34-18-3-1-2-15(10-18)4-7-20(32)33)8-9-31(13-21)12-16-11-17(22(25,26)27)5-6-19(16)23(28,29)30/h1-3,5-6,10-11H,4,7-9,12-14H2,(H,32,33). The fourth-order valence-electron chi connectivity index (χ4n) is 3.84. The predicted molar refractivity (Wildman–Crippen MR) is 108 cm³/mol. The number of rotatable bonds is 8. The highest BCUT2D eigenvalue weighted by molar-refractivity contribution is 5.67. The van der Waals surface area contributed by atoms with Crippen molar-refractivity contribution < 1.29 is 45.4 Å². The molecule has 0 aromatic heterocycles. The van der Waals surface area contributed by atoms with Gasteiger partial charge in [0.05, 0.1) is 11.1 Å². The minimum atomic E-state index is -4.85. The summed E-state index contributed by atoms with van der Waals surface area (Å²) in [6.07, 6.45) is -9.53. The molecule has 2 aromatic rings. The van der Waals surface area contributed by atoms with Crippen molar-refractivity contribution >= 4 is 5.97 Å². The molecule has 3 rings (SSSR count). The number of halogens is 7. The Labute approximate surface area is 190 Å². The molecule has 0 saturated carbocycles. The van der Waals surface area contributed by atoms with Crippen molar-refractivity contribution in [2.75, 3.05) is 19.7 Å². The van der Waals surface area contributed by atoms with Gasteiger partial charge in [-0.2, -0.15) is 26.3 Å². The Bertz CT molecular complexity index is 1020. The highest BCUT2D eigenvalue weighted by atomic mass is 19.4. The molecular weight excluding hydrogens is 471 g/mol. The van der Waals surface area contributed by atoms with E-state index >= 15 is 4.39 Å². The van der Waals surface area contributed by atoms with Crippen molar-refractivity contribution in [3.8, 4) is 5.75 Å². The van der Waals surface area contributed by atoms with E-state index in [1.807, 2.05) is 0 Å². The lowest BCUT2D eigenvalue weighted by Gasteiger charge is -2.23. The molecule has 11 heteroatoms. The lowest BCUT2D eigenvalue weighted by Crippen LogP contribution is -2.35. The summed E-state index contributed by atoms with van der Waals surface area (Å²) in [5, 5.41) is 8.77. The SMILES string of the molecule is O=C(O)CCc1cccc(OCC2(F)CCN(Cc3cc(C(F)(F)F)ccc3C(F)(F)F)C2)c1. The number of carboxylic acid groups (broad SMARTS) is 1. The minimum Gasteiger partial charge on any atom is -0.490 e. The van der Waals surface area contributed by atoms with Crippen LogP contribution in [-0.4, -0.2) is 41.3 Å². The van der Waals surface area contributed by atoms with E-state index in [4.69, 9.17) is 9.84 Å². The number of aliphatic carboxylic acids is 1. The van der Waals surface area contributed by atoms with Crippen molar-refractivity contribution in [3.05, 3.63) is 64.7 Å². The van der Waals surface area contributed by atoms with Crippen LogP contribution in [0.3, 0.4) is 0 Å². The van der Waals surface area contributed by atoms with Gasteiger partial charge in [0.15, 0.2) is 5.67 Å². The third-order valence-electron chi connectivity index (χ3n) is 5.54. The van der Waals surface area contributed by atoms with Crippen LogP contribution >= 0.6 is 0 Å². The van der Waals surface area contributed by atoms with Crippen LogP contribution in [-0.2, 0) is 30.1 Å². The molecule has 1 saturated heterocycles. The predicted octanol–water partition coefficient (Wildman–Crippen LogP) is 5.73. The average molecular weight is 493 g/mol. The Balaban J connectivity index is 1.66. The molecule has 0 aliphatic carbocycles. The fraction of sp³-hybridized carbons (Fsp3) is 0.435. The lowest BCUT2D eigenvalue weighted by atomic mass is 10.0. The van der Waals surface area contributed by atoms with E-state index in [0.29, 0.717) is 29.5 Å². The van der Waals surface area contributed by atoms with Gasteiger partial charge in [-0.05, 0) is 54.3 Å². The summed E-state index contributed by atoms with van der Waals surface area (Å²) in [7, 11) is 0. The second-order valence-electron chi connectivity index (χ2n) is 8.31. The lowest BCUT2D eigenvalue weighted by molar-refractivity contribution is -0.142.